The van der Waals surface area contributed by atoms with Crippen molar-refractivity contribution in [3.63, 3.8) is 0 Å². The number of rotatable bonds is 6. The van der Waals surface area contributed by atoms with E-state index in [2.05, 4.69) is 0 Å². The van der Waals surface area contributed by atoms with Gasteiger partial charge in [-0.3, -0.25) is 4.79 Å². The maximum atomic E-state index is 11.9. The lowest BCUT2D eigenvalue weighted by Crippen LogP contribution is -2.49. The summed E-state index contributed by atoms with van der Waals surface area (Å²) in [6, 6.07) is -0.336. The lowest BCUT2D eigenvalue weighted by molar-refractivity contribution is -0.135. The van der Waals surface area contributed by atoms with Gasteiger partial charge in [0.25, 0.3) is 0 Å². The zero-order chi connectivity index (χ0) is 12.0. The number of hydrogen-bond donors (Lipinski definition) is 1. The summed E-state index contributed by atoms with van der Waals surface area (Å²) in [5.41, 5.74) is 5.87. The number of nitrogens with zero attached hydrogens (tertiary/aromatic N) is 1. The van der Waals surface area contributed by atoms with Crippen molar-refractivity contribution in [1.29, 1.82) is 0 Å². The van der Waals surface area contributed by atoms with Gasteiger partial charge in [0.15, 0.2) is 0 Å². The molecule has 0 radical (unpaired) electrons. The highest BCUT2D eigenvalue weighted by molar-refractivity contribution is 5.81. The molecule has 0 saturated heterocycles. The highest BCUT2D eigenvalue weighted by Crippen LogP contribution is 2.09. The first-order valence-electron chi connectivity index (χ1n) is 5.46. The number of nitrogens with two attached hydrogens (primary N) is 1. The van der Waals surface area contributed by atoms with Gasteiger partial charge in [-0.1, -0.05) is 20.3 Å². The molecule has 2 unspecified atom stereocenters. The first kappa shape index (κ1) is 14.4. The van der Waals surface area contributed by atoms with Crippen LogP contribution in [0.3, 0.4) is 0 Å². The number of methoxy groups -OCH3 is 1. The smallest absolute Gasteiger partial charge is 0.239 e. The van der Waals surface area contributed by atoms with E-state index in [4.69, 9.17) is 10.5 Å². The average Bonchev–Trinajstić information content (AvgIpc) is 2.25. The summed E-state index contributed by atoms with van der Waals surface area (Å²) in [6.45, 7) is 6.52. The summed E-state index contributed by atoms with van der Waals surface area (Å²) in [7, 11) is 3.40. The van der Waals surface area contributed by atoms with Crippen molar-refractivity contribution in [2.45, 2.75) is 39.3 Å². The van der Waals surface area contributed by atoms with Crippen LogP contribution in [0.1, 0.15) is 27.2 Å². The maximum Gasteiger partial charge on any atom is 0.239 e. The van der Waals surface area contributed by atoms with Gasteiger partial charge in [0.2, 0.25) is 5.91 Å². The Morgan fingerprint density at radius 2 is 2.00 bits per heavy atom. The predicted octanol–water partition coefficient (Wildman–Crippen LogP) is 0.853. The molecular formula is C11H24N2O2. The Kier molecular flexibility index (Phi) is 6.52. The third-order valence-electron chi connectivity index (χ3n) is 2.96. The molecule has 1 amide bonds. The fourth-order valence-corrected chi connectivity index (χ4v) is 1.30. The van der Waals surface area contributed by atoms with E-state index in [0.29, 0.717) is 6.61 Å². The molecule has 0 spiro atoms. The molecule has 0 aromatic rings. The number of amides is 1. The van der Waals surface area contributed by atoms with Gasteiger partial charge in [0.1, 0.15) is 0 Å². The van der Waals surface area contributed by atoms with E-state index >= 15 is 0 Å². The van der Waals surface area contributed by atoms with Crippen molar-refractivity contribution in [2.24, 2.45) is 11.7 Å². The Hall–Kier alpha value is -0.610. The maximum absolute atomic E-state index is 11.9. The van der Waals surface area contributed by atoms with Gasteiger partial charge in [0, 0.05) is 14.2 Å². The average molecular weight is 216 g/mol. The van der Waals surface area contributed by atoms with E-state index in [1.807, 2.05) is 20.8 Å². The zero-order valence-electron chi connectivity index (χ0n) is 10.5. The van der Waals surface area contributed by atoms with Gasteiger partial charge in [-0.15, -0.1) is 0 Å². The fraction of sp³-hybridized carbons (Fsp3) is 0.909. The highest BCUT2D eigenvalue weighted by atomic mass is 16.5. The summed E-state index contributed by atoms with van der Waals surface area (Å²) < 4.78 is 5.01. The molecule has 4 nitrogen and oxygen atoms in total. The minimum absolute atomic E-state index is 0.00565. The standard InChI is InChI=1S/C11H24N2O2/c1-6-8(2)10(12)11(14)13(4)9(3)7-15-5/h8-10H,6-7,12H2,1-5H3/t8?,9?,10-/m0/s1. The molecule has 0 fully saturated rings. The fourth-order valence-electron chi connectivity index (χ4n) is 1.30. The summed E-state index contributed by atoms with van der Waals surface area (Å²) >= 11 is 0. The molecule has 0 aliphatic rings. The quantitative estimate of drug-likeness (QED) is 0.716. The largest absolute Gasteiger partial charge is 0.383 e. The molecule has 0 aliphatic carbocycles. The third-order valence-corrected chi connectivity index (χ3v) is 2.96. The number of carbonyl (C=O) groups excluding carboxylic acids is 1. The summed E-state index contributed by atoms with van der Waals surface area (Å²) in [5, 5.41) is 0. The van der Waals surface area contributed by atoms with Gasteiger partial charge >= 0.3 is 0 Å². The van der Waals surface area contributed by atoms with Gasteiger partial charge in [-0.05, 0) is 12.8 Å². The Balaban J connectivity index is 4.30. The Morgan fingerprint density at radius 1 is 1.47 bits per heavy atom. The SMILES string of the molecule is CCC(C)[C@H](N)C(=O)N(C)C(C)COC. The number of hydrogen-bond acceptors (Lipinski definition) is 3. The first-order valence-corrected chi connectivity index (χ1v) is 5.46. The minimum atomic E-state index is -0.403. The van der Waals surface area contributed by atoms with Crippen LogP contribution in [0.25, 0.3) is 0 Å². The molecule has 0 saturated carbocycles. The Morgan fingerprint density at radius 3 is 2.40 bits per heavy atom. The van der Waals surface area contributed by atoms with E-state index in [1.165, 1.54) is 0 Å². The van der Waals surface area contributed by atoms with Crippen LogP contribution in [0, 0.1) is 5.92 Å². The van der Waals surface area contributed by atoms with Gasteiger partial charge in [0.05, 0.1) is 18.7 Å². The van der Waals surface area contributed by atoms with Crippen LogP contribution in [0.15, 0.2) is 0 Å². The van der Waals surface area contributed by atoms with Crippen LogP contribution in [0.4, 0.5) is 0 Å². The molecule has 90 valence electrons. The van der Waals surface area contributed by atoms with Crippen LogP contribution < -0.4 is 5.73 Å². The number of carbonyl (C=O) groups is 1. The molecular weight excluding hydrogens is 192 g/mol. The molecule has 15 heavy (non-hydrogen) atoms. The third kappa shape index (κ3) is 4.18. The van der Waals surface area contributed by atoms with Crippen molar-refractivity contribution in [1.82, 2.24) is 4.90 Å². The van der Waals surface area contributed by atoms with Crippen LogP contribution in [0.5, 0.6) is 0 Å². The minimum Gasteiger partial charge on any atom is -0.383 e. The van der Waals surface area contributed by atoms with Crippen molar-refractivity contribution in [2.75, 3.05) is 20.8 Å². The van der Waals surface area contributed by atoms with Crippen molar-refractivity contribution < 1.29 is 9.53 Å². The normalized spacial score (nSPS) is 16.9. The van der Waals surface area contributed by atoms with E-state index in [-0.39, 0.29) is 17.9 Å². The van der Waals surface area contributed by atoms with E-state index < -0.39 is 6.04 Å². The lowest BCUT2D eigenvalue weighted by Gasteiger charge is -2.29. The molecule has 0 aromatic heterocycles. The highest BCUT2D eigenvalue weighted by Gasteiger charge is 2.25. The molecule has 0 heterocycles. The van der Waals surface area contributed by atoms with E-state index in [0.717, 1.165) is 6.42 Å². The van der Waals surface area contributed by atoms with Crippen LogP contribution >= 0.6 is 0 Å². The van der Waals surface area contributed by atoms with Crippen molar-refractivity contribution in [3.8, 4) is 0 Å². The molecule has 0 bridgehead atoms. The topological polar surface area (TPSA) is 55.6 Å². The number of ether oxygens (including phenoxy) is 1. The van der Waals surface area contributed by atoms with Gasteiger partial charge in [-0.25, -0.2) is 0 Å². The van der Waals surface area contributed by atoms with Crippen molar-refractivity contribution >= 4 is 5.91 Å². The zero-order valence-corrected chi connectivity index (χ0v) is 10.5. The summed E-state index contributed by atoms with van der Waals surface area (Å²) in [4.78, 5) is 13.6. The summed E-state index contributed by atoms with van der Waals surface area (Å²) in [6.07, 6.45) is 0.916. The van der Waals surface area contributed by atoms with Crippen molar-refractivity contribution in [3.05, 3.63) is 0 Å². The first-order chi connectivity index (χ1) is 6.95. The molecule has 0 rings (SSSR count). The van der Waals surface area contributed by atoms with Crippen LogP contribution in [-0.2, 0) is 9.53 Å². The second kappa shape index (κ2) is 6.80. The van der Waals surface area contributed by atoms with Crippen LogP contribution in [-0.4, -0.2) is 43.7 Å². The molecule has 0 aromatic carbocycles. The van der Waals surface area contributed by atoms with Gasteiger partial charge < -0.3 is 15.4 Å². The molecule has 2 N–H and O–H groups in total. The van der Waals surface area contributed by atoms with Crippen LogP contribution in [0.2, 0.25) is 0 Å². The second-order valence-corrected chi connectivity index (χ2v) is 4.16. The monoisotopic (exact) mass is 216 g/mol. The summed E-state index contributed by atoms with van der Waals surface area (Å²) in [5.74, 6) is 0.212. The number of likely N-dealkylation sites (N-methyl/N-ethyl adjacent to an activating group) is 1. The predicted molar refractivity (Wildman–Crippen MR) is 61.5 cm³/mol. The Labute approximate surface area is 92.8 Å². The second-order valence-electron chi connectivity index (χ2n) is 4.16. The van der Waals surface area contributed by atoms with Gasteiger partial charge in [-0.2, -0.15) is 0 Å². The molecule has 4 heteroatoms. The van der Waals surface area contributed by atoms with E-state index in [1.54, 1.807) is 19.1 Å². The Bertz CT molecular complexity index is 197. The molecule has 0 aliphatic heterocycles. The molecule has 3 atom stereocenters. The lowest BCUT2D eigenvalue weighted by atomic mass is 9.98. The van der Waals surface area contributed by atoms with E-state index in [9.17, 15) is 4.79 Å².